The zero-order valence-electron chi connectivity index (χ0n) is 10.3. The largest absolute Gasteiger partial charge is 0.396 e. The lowest BCUT2D eigenvalue weighted by atomic mass is 10.2. The van der Waals surface area contributed by atoms with E-state index in [4.69, 9.17) is 5.11 Å². The second-order valence-electron chi connectivity index (χ2n) is 3.98. The zero-order chi connectivity index (χ0) is 13.6. The second-order valence-corrected chi connectivity index (χ2v) is 5.98. The van der Waals surface area contributed by atoms with Crippen LogP contribution in [0.2, 0.25) is 0 Å². The molecule has 6 heteroatoms. The summed E-state index contributed by atoms with van der Waals surface area (Å²) in [5.41, 5.74) is 0. The van der Waals surface area contributed by atoms with Crippen LogP contribution in [0.15, 0.2) is 29.2 Å². The van der Waals surface area contributed by atoms with Crippen molar-refractivity contribution in [2.24, 2.45) is 0 Å². The molecule has 0 fully saturated rings. The van der Waals surface area contributed by atoms with Gasteiger partial charge in [0.1, 0.15) is 10.7 Å². The van der Waals surface area contributed by atoms with Gasteiger partial charge in [0.15, 0.2) is 9.84 Å². The van der Waals surface area contributed by atoms with Crippen LogP contribution < -0.4 is 5.32 Å². The zero-order valence-corrected chi connectivity index (χ0v) is 11.1. The first-order valence-electron chi connectivity index (χ1n) is 5.82. The van der Waals surface area contributed by atoms with Crippen molar-refractivity contribution in [2.75, 3.05) is 18.9 Å². The van der Waals surface area contributed by atoms with E-state index in [2.05, 4.69) is 5.32 Å². The Kier molecular flexibility index (Phi) is 5.71. The third-order valence-corrected chi connectivity index (χ3v) is 4.41. The smallest absolute Gasteiger partial charge is 0.182 e. The Bertz CT molecular complexity index is 470. The topological polar surface area (TPSA) is 66.4 Å². The molecule has 0 saturated carbocycles. The monoisotopic (exact) mass is 275 g/mol. The maximum Gasteiger partial charge on any atom is 0.182 e. The van der Waals surface area contributed by atoms with Crippen molar-refractivity contribution in [2.45, 2.75) is 24.3 Å². The quantitative estimate of drug-likeness (QED) is 0.778. The van der Waals surface area contributed by atoms with Gasteiger partial charge in [-0.15, -0.1) is 0 Å². The van der Waals surface area contributed by atoms with Crippen LogP contribution in [-0.4, -0.2) is 38.5 Å². The van der Waals surface area contributed by atoms with Crippen LogP contribution in [0.25, 0.3) is 0 Å². The molecule has 1 aromatic carbocycles. The van der Waals surface area contributed by atoms with Crippen molar-refractivity contribution in [1.82, 2.24) is 5.32 Å². The molecule has 0 aromatic heterocycles. The van der Waals surface area contributed by atoms with E-state index in [1.807, 2.05) is 6.92 Å². The number of hydrogen-bond acceptors (Lipinski definition) is 4. The van der Waals surface area contributed by atoms with E-state index in [9.17, 15) is 12.8 Å². The molecule has 1 rings (SSSR count). The first kappa shape index (κ1) is 15.1. The van der Waals surface area contributed by atoms with Crippen LogP contribution >= 0.6 is 0 Å². The van der Waals surface area contributed by atoms with E-state index in [0.29, 0.717) is 13.0 Å². The summed E-state index contributed by atoms with van der Waals surface area (Å²) < 4.78 is 37.6. The van der Waals surface area contributed by atoms with Gasteiger partial charge in [-0.3, -0.25) is 0 Å². The number of halogens is 1. The molecule has 0 heterocycles. The summed E-state index contributed by atoms with van der Waals surface area (Å²) in [4.78, 5) is -0.286. The number of hydrogen-bond donors (Lipinski definition) is 2. The number of aliphatic hydroxyl groups is 1. The van der Waals surface area contributed by atoms with Crippen LogP contribution in [0.1, 0.15) is 13.3 Å². The molecule has 0 saturated heterocycles. The van der Waals surface area contributed by atoms with E-state index in [1.165, 1.54) is 18.2 Å². The van der Waals surface area contributed by atoms with Gasteiger partial charge in [0.25, 0.3) is 0 Å². The van der Waals surface area contributed by atoms with Crippen molar-refractivity contribution in [3.63, 3.8) is 0 Å². The Morgan fingerprint density at radius 2 is 2.06 bits per heavy atom. The van der Waals surface area contributed by atoms with Crippen LogP contribution in [-0.2, 0) is 9.84 Å². The fraction of sp³-hybridized carbons (Fsp3) is 0.500. The highest BCUT2D eigenvalue weighted by Gasteiger charge is 2.23. The highest BCUT2D eigenvalue weighted by Crippen LogP contribution is 2.16. The Hall–Kier alpha value is -0.980. The predicted molar refractivity (Wildman–Crippen MR) is 67.6 cm³/mol. The van der Waals surface area contributed by atoms with Gasteiger partial charge in [-0.25, -0.2) is 12.8 Å². The minimum atomic E-state index is -3.68. The van der Waals surface area contributed by atoms with Gasteiger partial charge in [0, 0.05) is 12.6 Å². The highest BCUT2D eigenvalue weighted by atomic mass is 32.2. The average Bonchev–Trinajstić information content (AvgIpc) is 2.29. The van der Waals surface area contributed by atoms with E-state index >= 15 is 0 Å². The Morgan fingerprint density at radius 1 is 1.39 bits per heavy atom. The summed E-state index contributed by atoms with van der Waals surface area (Å²) in [6.07, 6.45) is 0.321. The third-order valence-electron chi connectivity index (χ3n) is 2.56. The molecule has 102 valence electrons. The molecular formula is C12H18FNO3S. The van der Waals surface area contributed by atoms with Crippen LogP contribution in [0, 0.1) is 5.82 Å². The van der Waals surface area contributed by atoms with Crippen molar-refractivity contribution < 1.29 is 17.9 Å². The molecular weight excluding hydrogens is 257 g/mol. The van der Waals surface area contributed by atoms with Crippen molar-refractivity contribution >= 4 is 9.84 Å². The van der Waals surface area contributed by atoms with Gasteiger partial charge in [-0.2, -0.15) is 0 Å². The van der Waals surface area contributed by atoms with Gasteiger partial charge in [-0.05, 0) is 25.1 Å². The Morgan fingerprint density at radius 3 is 2.61 bits per heavy atom. The molecule has 1 unspecified atom stereocenters. The Balaban J connectivity index is 2.90. The number of sulfone groups is 1. The van der Waals surface area contributed by atoms with E-state index in [-0.39, 0.29) is 23.3 Å². The number of nitrogens with one attached hydrogen (secondary N) is 1. The third kappa shape index (κ3) is 4.04. The SMILES string of the molecule is CCNC(CCO)CS(=O)(=O)c1ccccc1F. The van der Waals surface area contributed by atoms with Gasteiger partial charge in [0.2, 0.25) is 0 Å². The molecule has 0 aliphatic heterocycles. The minimum absolute atomic E-state index is 0.107. The molecule has 0 amide bonds. The van der Waals surface area contributed by atoms with Crippen LogP contribution in [0.5, 0.6) is 0 Å². The van der Waals surface area contributed by atoms with Crippen molar-refractivity contribution in [3.8, 4) is 0 Å². The fourth-order valence-electron chi connectivity index (χ4n) is 1.74. The second kappa shape index (κ2) is 6.82. The van der Waals surface area contributed by atoms with Gasteiger partial charge in [0.05, 0.1) is 5.75 Å². The molecule has 0 radical (unpaired) electrons. The molecule has 0 spiro atoms. The summed E-state index contributed by atoms with van der Waals surface area (Å²) in [5.74, 6) is -0.959. The maximum absolute atomic E-state index is 13.5. The molecule has 1 atom stereocenters. The highest BCUT2D eigenvalue weighted by molar-refractivity contribution is 7.91. The lowest BCUT2D eigenvalue weighted by Gasteiger charge is -2.17. The van der Waals surface area contributed by atoms with Crippen LogP contribution in [0.3, 0.4) is 0 Å². The lowest BCUT2D eigenvalue weighted by molar-refractivity contribution is 0.270. The van der Waals surface area contributed by atoms with E-state index in [1.54, 1.807) is 0 Å². The lowest BCUT2D eigenvalue weighted by Crippen LogP contribution is -2.36. The maximum atomic E-state index is 13.5. The molecule has 4 nitrogen and oxygen atoms in total. The normalized spacial score (nSPS) is 13.5. The summed E-state index contributed by atoms with van der Waals surface area (Å²) in [5, 5.41) is 11.8. The molecule has 0 aliphatic rings. The molecule has 18 heavy (non-hydrogen) atoms. The number of aliphatic hydroxyl groups excluding tert-OH is 1. The van der Waals surface area contributed by atoms with Gasteiger partial charge < -0.3 is 10.4 Å². The Labute approximate surface area is 107 Å². The average molecular weight is 275 g/mol. The van der Waals surface area contributed by atoms with E-state index < -0.39 is 15.7 Å². The number of benzene rings is 1. The molecule has 1 aromatic rings. The minimum Gasteiger partial charge on any atom is -0.396 e. The summed E-state index contributed by atoms with van der Waals surface area (Å²) >= 11 is 0. The van der Waals surface area contributed by atoms with Gasteiger partial charge in [-0.1, -0.05) is 19.1 Å². The summed E-state index contributed by atoms with van der Waals surface area (Å²) in [7, 11) is -3.68. The standard InChI is InChI=1S/C12H18FNO3S/c1-2-14-10(7-8-15)9-18(16,17)12-6-4-3-5-11(12)13/h3-6,10,14-15H,2,7-9H2,1H3. The van der Waals surface area contributed by atoms with Gasteiger partial charge >= 0.3 is 0 Å². The molecule has 0 aliphatic carbocycles. The molecule has 0 bridgehead atoms. The number of rotatable bonds is 7. The first-order chi connectivity index (χ1) is 8.51. The predicted octanol–water partition coefficient (Wildman–Crippen LogP) is 0.960. The molecule has 2 N–H and O–H groups in total. The van der Waals surface area contributed by atoms with Crippen molar-refractivity contribution in [3.05, 3.63) is 30.1 Å². The fourth-order valence-corrected chi connectivity index (χ4v) is 3.39. The summed E-state index contributed by atoms with van der Waals surface area (Å²) in [6.45, 7) is 2.34. The van der Waals surface area contributed by atoms with E-state index in [0.717, 1.165) is 6.07 Å². The van der Waals surface area contributed by atoms with Crippen LogP contribution in [0.4, 0.5) is 4.39 Å². The summed E-state index contributed by atoms with van der Waals surface area (Å²) in [6, 6.07) is 4.95. The van der Waals surface area contributed by atoms with Crippen molar-refractivity contribution in [1.29, 1.82) is 0 Å². The first-order valence-corrected chi connectivity index (χ1v) is 7.48.